The molecule has 1 fully saturated rings. The molecular formula is C10H13NO. The molecule has 0 amide bonds. The van der Waals surface area contributed by atoms with Gasteiger partial charge in [0.25, 0.3) is 0 Å². The van der Waals surface area contributed by atoms with Crippen molar-refractivity contribution in [3.05, 3.63) is 29.8 Å². The van der Waals surface area contributed by atoms with Crippen LogP contribution in [-0.2, 0) is 6.42 Å². The van der Waals surface area contributed by atoms with Gasteiger partial charge in [0.15, 0.2) is 0 Å². The fourth-order valence-electron chi connectivity index (χ4n) is 1.41. The Bertz CT molecular complexity index is 292. The van der Waals surface area contributed by atoms with Crippen molar-refractivity contribution in [3.63, 3.8) is 0 Å². The van der Waals surface area contributed by atoms with Crippen LogP contribution in [0.25, 0.3) is 0 Å². The van der Waals surface area contributed by atoms with Crippen molar-refractivity contribution in [1.29, 1.82) is 0 Å². The van der Waals surface area contributed by atoms with Crippen LogP contribution in [0.2, 0.25) is 0 Å². The fraction of sp³-hybridized carbons (Fsp3) is 0.400. The molecule has 2 rings (SSSR count). The summed E-state index contributed by atoms with van der Waals surface area (Å²) in [5.74, 6) is 0.330. The summed E-state index contributed by atoms with van der Waals surface area (Å²) in [6.45, 7) is 0. The van der Waals surface area contributed by atoms with Gasteiger partial charge in [0.1, 0.15) is 5.75 Å². The Balaban J connectivity index is 2.12. The van der Waals surface area contributed by atoms with E-state index in [1.165, 1.54) is 0 Å². The zero-order valence-corrected chi connectivity index (χ0v) is 6.96. The Labute approximate surface area is 72.0 Å². The van der Waals surface area contributed by atoms with Crippen molar-refractivity contribution in [2.24, 2.45) is 5.73 Å². The Morgan fingerprint density at radius 2 is 2.17 bits per heavy atom. The van der Waals surface area contributed by atoms with Gasteiger partial charge in [-0.3, -0.25) is 0 Å². The Hall–Kier alpha value is -1.02. The predicted octanol–water partition coefficient (Wildman–Crippen LogP) is 1.43. The first-order chi connectivity index (χ1) is 5.68. The van der Waals surface area contributed by atoms with Gasteiger partial charge in [-0.1, -0.05) is 12.1 Å². The van der Waals surface area contributed by atoms with E-state index in [1.807, 2.05) is 12.1 Å². The molecule has 2 heteroatoms. The molecule has 0 aromatic heterocycles. The van der Waals surface area contributed by atoms with Gasteiger partial charge in [-0.25, -0.2) is 0 Å². The van der Waals surface area contributed by atoms with Crippen LogP contribution in [0.1, 0.15) is 18.4 Å². The van der Waals surface area contributed by atoms with Gasteiger partial charge in [-0.15, -0.1) is 0 Å². The van der Waals surface area contributed by atoms with Crippen LogP contribution in [0.15, 0.2) is 24.3 Å². The first kappa shape index (κ1) is 7.62. The van der Waals surface area contributed by atoms with E-state index in [4.69, 9.17) is 5.73 Å². The van der Waals surface area contributed by atoms with Crippen molar-refractivity contribution in [2.75, 3.05) is 0 Å². The van der Waals surface area contributed by atoms with Gasteiger partial charge in [0.05, 0.1) is 0 Å². The SMILES string of the molecule is NC1(Cc2cccc(O)c2)CC1. The number of aromatic hydroxyl groups is 1. The molecule has 3 N–H and O–H groups in total. The highest BCUT2D eigenvalue weighted by atomic mass is 16.3. The normalized spacial score (nSPS) is 19.1. The average molecular weight is 163 g/mol. The van der Waals surface area contributed by atoms with Crippen LogP contribution < -0.4 is 5.73 Å². The largest absolute Gasteiger partial charge is 0.508 e. The van der Waals surface area contributed by atoms with Crippen LogP contribution in [0.4, 0.5) is 0 Å². The van der Waals surface area contributed by atoms with E-state index >= 15 is 0 Å². The lowest BCUT2D eigenvalue weighted by atomic mass is 10.1. The number of phenolic OH excluding ortho intramolecular Hbond substituents is 1. The van der Waals surface area contributed by atoms with Crippen molar-refractivity contribution >= 4 is 0 Å². The van der Waals surface area contributed by atoms with E-state index in [2.05, 4.69) is 0 Å². The summed E-state index contributed by atoms with van der Waals surface area (Å²) in [6, 6.07) is 7.33. The standard InChI is InChI=1S/C10H13NO/c11-10(4-5-10)7-8-2-1-3-9(12)6-8/h1-3,6,12H,4-5,7,11H2. The van der Waals surface area contributed by atoms with Gasteiger partial charge in [0, 0.05) is 5.54 Å². The number of rotatable bonds is 2. The average Bonchev–Trinajstić information content (AvgIpc) is 2.67. The topological polar surface area (TPSA) is 46.2 Å². The molecule has 0 unspecified atom stereocenters. The molecule has 0 heterocycles. The molecule has 2 nitrogen and oxygen atoms in total. The zero-order valence-electron chi connectivity index (χ0n) is 6.96. The van der Waals surface area contributed by atoms with Gasteiger partial charge in [0.2, 0.25) is 0 Å². The highest BCUT2D eigenvalue weighted by molar-refractivity contribution is 5.29. The van der Waals surface area contributed by atoms with Gasteiger partial charge < -0.3 is 10.8 Å². The van der Waals surface area contributed by atoms with Crippen molar-refractivity contribution in [2.45, 2.75) is 24.8 Å². The molecule has 1 aliphatic carbocycles. The van der Waals surface area contributed by atoms with E-state index in [0.717, 1.165) is 24.8 Å². The Morgan fingerprint density at radius 3 is 2.75 bits per heavy atom. The minimum absolute atomic E-state index is 0.0355. The molecule has 0 radical (unpaired) electrons. The van der Waals surface area contributed by atoms with Crippen LogP contribution in [0.5, 0.6) is 5.75 Å². The third-order valence-electron chi connectivity index (χ3n) is 2.36. The van der Waals surface area contributed by atoms with Crippen molar-refractivity contribution < 1.29 is 5.11 Å². The lowest BCUT2D eigenvalue weighted by Crippen LogP contribution is -2.24. The third-order valence-corrected chi connectivity index (χ3v) is 2.36. The van der Waals surface area contributed by atoms with E-state index < -0.39 is 0 Å². The minimum Gasteiger partial charge on any atom is -0.508 e. The maximum Gasteiger partial charge on any atom is 0.115 e. The Kier molecular flexibility index (Phi) is 1.58. The van der Waals surface area contributed by atoms with Crippen LogP contribution >= 0.6 is 0 Å². The van der Waals surface area contributed by atoms with Crippen LogP contribution in [0.3, 0.4) is 0 Å². The summed E-state index contributed by atoms with van der Waals surface area (Å²) in [7, 11) is 0. The summed E-state index contributed by atoms with van der Waals surface area (Å²) in [5.41, 5.74) is 7.12. The van der Waals surface area contributed by atoms with Crippen molar-refractivity contribution in [3.8, 4) is 5.75 Å². The highest BCUT2D eigenvalue weighted by Crippen LogP contribution is 2.35. The molecule has 1 aromatic rings. The molecule has 0 aliphatic heterocycles. The molecule has 1 saturated carbocycles. The molecule has 0 saturated heterocycles. The monoisotopic (exact) mass is 163 g/mol. The zero-order chi connectivity index (χ0) is 8.60. The van der Waals surface area contributed by atoms with E-state index in [-0.39, 0.29) is 5.54 Å². The van der Waals surface area contributed by atoms with Gasteiger partial charge in [-0.05, 0) is 37.0 Å². The summed E-state index contributed by atoms with van der Waals surface area (Å²) < 4.78 is 0. The molecule has 0 bridgehead atoms. The molecule has 1 aromatic carbocycles. The highest BCUT2D eigenvalue weighted by Gasteiger charge is 2.37. The van der Waals surface area contributed by atoms with Gasteiger partial charge in [-0.2, -0.15) is 0 Å². The Morgan fingerprint density at radius 1 is 1.42 bits per heavy atom. The number of benzene rings is 1. The second kappa shape index (κ2) is 2.49. The second-order valence-corrected chi connectivity index (χ2v) is 3.71. The number of phenols is 1. The summed E-state index contributed by atoms with van der Waals surface area (Å²) in [6.07, 6.45) is 3.12. The fourth-order valence-corrected chi connectivity index (χ4v) is 1.41. The molecule has 12 heavy (non-hydrogen) atoms. The lowest BCUT2D eigenvalue weighted by Gasteiger charge is -2.07. The molecule has 0 spiro atoms. The van der Waals surface area contributed by atoms with Crippen molar-refractivity contribution in [1.82, 2.24) is 0 Å². The third kappa shape index (κ3) is 1.59. The van der Waals surface area contributed by atoms with E-state index in [1.54, 1.807) is 12.1 Å². The minimum atomic E-state index is 0.0355. The molecule has 0 atom stereocenters. The number of hydrogen-bond acceptors (Lipinski definition) is 2. The smallest absolute Gasteiger partial charge is 0.115 e. The molecule has 64 valence electrons. The lowest BCUT2D eigenvalue weighted by molar-refractivity contribution is 0.474. The number of nitrogens with two attached hydrogens (primary N) is 1. The maximum absolute atomic E-state index is 9.19. The number of hydrogen-bond donors (Lipinski definition) is 2. The summed E-state index contributed by atoms with van der Waals surface area (Å²) >= 11 is 0. The van der Waals surface area contributed by atoms with Crippen LogP contribution in [0, 0.1) is 0 Å². The van der Waals surface area contributed by atoms with E-state index in [9.17, 15) is 5.11 Å². The summed E-state index contributed by atoms with van der Waals surface area (Å²) in [4.78, 5) is 0. The quantitative estimate of drug-likeness (QED) is 0.692. The summed E-state index contributed by atoms with van der Waals surface area (Å²) in [5, 5.41) is 9.19. The van der Waals surface area contributed by atoms with Crippen LogP contribution in [-0.4, -0.2) is 10.6 Å². The van der Waals surface area contributed by atoms with Gasteiger partial charge >= 0.3 is 0 Å². The molecular weight excluding hydrogens is 150 g/mol. The van der Waals surface area contributed by atoms with E-state index in [0.29, 0.717) is 5.75 Å². The first-order valence-corrected chi connectivity index (χ1v) is 4.25. The second-order valence-electron chi connectivity index (χ2n) is 3.71. The first-order valence-electron chi connectivity index (χ1n) is 4.25. The predicted molar refractivity (Wildman–Crippen MR) is 48.0 cm³/mol. The molecule has 1 aliphatic rings. The maximum atomic E-state index is 9.19.